The van der Waals surface area contributed by atoms with Crippen LogP contribution in [-0.2, 0) is 0 Å². The first-order valence-electron chi connectivity index (χ1n) is 9.94. The summed E-state index contributed by atoms with van der Waals surface area (Å²) < 4.78 is 5.52. The van der Waals surface area contributed by atoms with E-state index in [1.165, 1.54) is 12.3 Å². The van der Waals surface area contributed by atoms with Crippen LogP contribution in [0.3, 0.4) is 0 Å². The lowest BCUT2D eigenvalue weighted by Gasteiger charge is -2.06. The molecule has 4 aromatic rings. The molecule has 4 rings (SSSR count). The highest BCUT2D eigenvalue weighted by Crippen LogP contribution is 2.34. The minimum atomic E-state index is -0.748. The summed E-state index contributed by atoms with van der Waals surface area (Å²) in [7, 11) is 0. The number of amides is 1. The highest BCUT2D eigenvalue weighted by Gasteiger charge is 2.21. The minimum Gasteiger partial charge on any atom is -0.450 e. The molecule has 0 saturated heterocycles. The Balaban J connectivity index is 1.41. The molecule has 34 heavy (non-hydrogen) atoms. The summed E-state index contributed by atoms with van der Waals surface area (Å²) in [5.74, 6) is -0.193. The Morgan fingerprint density at radius 1 is 0.853 bits per heavy atom. The normalized spacial score (nSPS) is 10.8. The fourth-order valence-electron chi connectivity index (χ4n) is 3.16. The molecule has 0 aliphatic rings. The lowest BCUT2D eigenvalue weighted by Crippen LogP contribution is -2.17. The number of hydrogen-bond acceptors (Lipinski definition) is 7. The molecular weight excluding hydrogens is 440 g/mol. The Bertz CT molecular complexity index is 1430. The number of hydrazone groups is 1. The second-order valence-electron chi connectivity index (χ2n) is 7.10. The zero-order chi connectivity index (χ0) is 24.1. The minimum absolute atomic E-state index is 0.125. The number of ether oxygens (including phenoxy) is 1. The van der Waals surface area contributed by atoms with Crippen LogP contribution in [0.2, 0.25) is 0 Å². The molecule has 0 aromatic heterocycles. The monoisotopic (exact) mass is 456 g/mol. The molecule has 1 N–H and O–H groups in total. The molecule has 0 spiro atoms. The Labute approximate surface area is 192 Å². The molecule has 0 aliphatic carbocycles. The maximum atomic E-state index is 12.3. The third-order valence-electron chi connectivity index (χ3n) is 4.85. The maximum absolute atomic E-state index is 12.3. The van der Waals surface area contributed by atoms with Gasteiger partial charge in [0.15, 0.2) is 0 Å². The van der Waals surface area contributed by atoms with Gasteiger partial charge in [-0.15, -0.1) is 0 Å². The average Bonchev–Trinajstić information content (AvgIpc) is 2.84. The zero-order valence-electron chi connectivity index (χ0n) is 17.5. The number of carbonyl (C=O) groups is 1. The summed E-state index contributed by atoms with van der Waals surface area (Å²) in [6.45, 7) is 0. The zero-order valence-corrected chi connectivity index (χ0v) is 17.5. The Morgan fingerprint density at radius 3 is 2.29 bits per heavy atom. The van der Waals surface area contributed by atoms with Gasteiger partial charge in [-0.2, -0.15) is 5.10 Å². The third-order valence-corrected chi connectivity index (χ3v) is 4.85. The number of benzene rings is 4. The lowest BCUT2D eigenvalue weighted by molar-refractivity contribution is -0.394. The summed E-state index contributed by atoms with van der Waals surface area (Å²) in [6.07, 6.45) is 1.44. The summed E-state index contributed by atoms with van der Waals surface area (Å²) in [6, 6.07) is 22.6. The molecule has 10 heteroatoms. The molecule has 168 valence electrons. The van der Waals surface area contributed by atoms with Crippen LogP contribution in [0.4, 0.5) is 11.4 Å². The van der Waals surface area contributed by atoms with E-state index < -0.39 is 21.2 Å². The van der Waals surface area contributed by atoms with Gasteiger partial charge in [0.1, 0.15) is 5.75 Å². The van der Waals surface area contributed by atoms with Crippen molar-refractivity contribution >= 4 is 34.3 Å². The van der Waals surface area contributed by atoms with E-state index in [0.29, 0.717) is 11.1 Å². The maximum Gasteiger partial charge on any atom is 0.318 e. The van der Waals surface area contributed by atoms with E-state index in [2.05, 4.69) is 10.5 Å². The Hall–Kier alpha value is -5.12. The van der Waals surface area contributed by atoms with Gasteiger partial charge in [0, 0.05) is 11.6 Å². The molecule has 0 bridgehead atoms. The second-order valence-corrected chi connectivity index (χ2v) is 7.10. The first-order valence-corrected chi connectivity index (χ1v) is 9.94. The molecular formula is C24H16N4O6. The van der Waals surface area contributed by atoms with Crippen molar-refractivity contribution in [2.75, 3.05) is 0 Å². The number of nitrogens with zero attached hydrogens (tertiary/aromatic N) is 3. The molecule has 1 amide bonds. The van der Waals surface area contributed by atoms with Gasteiger partial charge in [-0.3, -0.25) is 25.0 Å². The summed E-state index contributed by atoms with van der Waals surface area (Å²) >= 11 is 0. The summed E-state index contributed by atoms with van der Waals surface area (Å²) in [5, 5.41) is 28.0. The van der Waals surface area contributed by atoms with Crippen LogP contribution in [0.1, 0.15) is 15.9 Å². The number of rotatable bonds is 7. The van der Waals surface area contributed by atoms with Crippen molar-refractivity contribution in [1.29, 1.82) is 0 Å². The van der Waals surface area contributed by atoms with Crippen molar-refractivity contribution in [2.45, 2.75) is 0 Å². The van der Waals surface area contributed by atoms with E-state index in [-0.39, 0.29) is 17.4 Å². The molecule has 10 nitrogen and oxygen atoms in total. The molecule has 0 atom stereocenters. The fraction of sp³-hybridized carbons (Fsp3) is 0. The fourth-order valence-corrected chi connectivity index (χ4v) is 3.16. The van der Waals surface area contributed by atoms with Gasteiger partial charge >= 0.3 is 5.69 Å². The molecule has 0 radical (unpaired) electrons. The van der Waals surface area contributed by atoms with Crippen LogP contribution in [0.25, 0.3) is 10.8 Å². The van der Waals surface area contributed by atoms with Crippen molar-refractivity contribution in [3.63, 3.8) is 0 Å². The van der Waals surface area contributed by atoms with Gasteiger partial charge in [0.2, 0.25) is 5.75 Å². The third kappa shape index (κ3) is 5.02. The smallest absolute Gasteiger partial charge is 0.318 e. The number of hydrogen-bond donors (Lipinski definition) is 1. The van der Waals surface area contributed by atoms with Crippen LogP contribution >= 0.6 is 0 Å². The SMILES string of the molecule is O=C(N/N=C/c1ccc(Oc2ccc([N+](=O)[O-])cc2[N+](=O)[O-])cc1)c1ccc2ccccc2c1. The number of nitro benzene ring substituents is 2. The molecule has 0 saturated carbocycles. The van der Waals surface area contributed by atoms with Crippen molar-refractivity contribution in [2.24, 2.45) is 5.10 Å². The number of fused-ring (bicyclic) bond motifs is 1. The van der Waals surface area contributed by atoms with Gasteiger partial charge in [-0.1, -0.05) is 30.3 Å². The highest BCUT2D eigenvalue weighted by atomic mass is 16.6. The molecule has 4 aromatic carbocycles. The Kier molecular flexibility index (Phi) is 6.22. The highest BCUT2D eigenvalue weighted by molar-refractivity contribution is 5.99. The molecule has 0 unspecified atom stereocenters. The number of nitrogens with one attached hydrogen (secondary N) is 1. The van der Waals surface area contributed by atoms with E-state index >= 15 is 0 Å². The molecule has 0 heterocycles. The lowest BCUT2D eigenvalue weighted by atomic mass is 10.1. The van der Waals surface area contributed by atoms with E-state index in [4.69, 9.17) is 4.74 Å². The van der Waals surface area contributed by atoms with Gasteiger partial charge in [-0.05, 0) is 58.8 Å². The predicted octanol–water partition coefficient (Wildman–Crippen LogP) is 5.21. The van der Waals surface area contributed by atoms with Gasteiger partial charge in [0.05, 0.1) is 22.1 Å². The molecule has 0 fully saturated rings. The number of non-ortho nitro benzene ring substituents is 1. The van der Waals surface area contributed by atoms with Crippen molar-refractivity contribution < 1.29 is 19.4 Å². The standard InChI is InChI=1S/C24H16N4O6/c29-24(19-8-7-17-3-1-2-4-18(17)13-19)26-25-15-16-5-10-21(11-6-16)34-23-12-9-20(27(30)31)14-22(23)28(32)33/h1-15H,(H,26,29)/b25-15+. The van der Waals surface area contributed by atoms with Crippen molar-refractivity contribution in [3.8, 4) is 11.5 Å². The Morgan fingerprint density at radius 2 is 1.59 bits per heavy atom. The van der Waals surface area contributed by atoms with Crippen molar-refractivity contribution in [1.82, 2.24) is 5.43 Å². The van der Waals surface area contributed by atoms with E-state index in [1.54, 1.807) is 36.4 Å². The number of nitro groups is 2. The van der Waals surface area contributed by atoms with Crippen LogP contribution in [-0.4, -0.2) is 22.0 Å². The predicted molar refractivity (Wildman–Crippen MR) is 125 cm³/mol. The first-order chi connectivity index (χ1) is 16.4. The first kappa shape index (κ1) is 22.1. The second kappa shape index (κ2) is 9.57. The van der Waals surface area contributed by atoms with E-state index in [9.17, 15) is 25.0 Å². The quantitative estimate of drug-likeness (QED) is 0.230. The van der Waals surface area contributed by atoms with Gasteiger partial charge in [0.25, 0.3) is 11.6 Å². The van der Waals surface area contributed by atoms with E-state index in [1.807, 2.05) is 30.3 Å². The summed E-state index contributed by atoms with van der Waals surface area (Å²) in [4.78, 5) is 33.0. The van der Waals surface area contributed by atoms with Crippen LogP contribution in [0, 0.1) is 20.2 Å². The van der Waals surface area contributed by atoms with Gasteiger partial charge in [-0.25, -0.2) is 5.43 Å². The van der Waals surface area contributed by atoms with Gasteiger partial charge < -0.3 is 4.74 Å². The average molecular weight is 456 g/mol. The molecule has 0 aliphatic heterocycles. The van der Waals surface area contributed by atoms with E-state index in [0.717, 1.165) is 22.9 Å². The van der Waals surface area contributed by atoms with Crippen LogP contribution in [0.15, 0.2) is 90.0 Å². The van der Waals surface area contributed by atoms with Crippen LogP contribution < -0.4 is 10.2 Å². The van der Waals surface area contributed by atoms with Crippen molar-refractivity contribution in [3.05, 3.63) is 116 Å². The summed E-state index contributed by atoms with van der Waals surface area (Å²) in [5.41, 5.74) is 2.67. The number of carbonyl (C=O) groups excluding carboxylic acids is 1. The topological polar surface area (TPSA) is 137 Å². The largest absolute Gasteiger partial charge is 0.450 e. The van der Waals surface area contributed by atoms with Crippen LogP contribution in [0.5, 0.6) is 11.5 Å².